The number of aromatic nitrogens is 1. The third-order valence-electron chi connectivity index (χ3n) is 3.28. The second kappa shape index (κ2) is 8.26. The molecule has 2 rings (SSSR count). The summed E-state index contributed by atoms with van der Waals surface area (Å²) in [4.78, 5) is 38.5. The van der Waals surface area contributed by atoms with Crippen LogP contribution in [0.3, 0.4) is 0 Å². The minimum absolute atomic E-state index is 0.0831. The van der Waals surface area contributed by atoms with Gasteiger partial charge in [0.15, 0.2) is 11.3 Å². The van der Waals surface area contributed by atoms with Gasteiger partial charge in [-0.05, 0) is 25.1 Å². The topological polar surface area (TPSA) is 121 Å². The number of non-ortho nitro benzene ring substituents is 1. The Balaban J connectivity index is 2.13. The number of esters is 1. The van der Waals surface area contributed by atoms with Crippen molar-refractivity contribution in [2.75, 3.05) is 12.4 Å². The number of nitrogens with one attached hydrogen (secondary N) is 1. The maximum atomic E-state index is 12.3. The van der Waals surface area contributed by atoms with E-state index in [1.807, 2.05) is 0 Å². The number of rotatable bonds is 6. The highest BCUT2D eigenvalue weighted by atomic mass is 35.5. The fraction of sp³-hybridized carbons (Fsp3) is 0.188. The SMILES string of the molecule is COc1ccc([N+](=O)[O-])cc1C(=O)OC(C)C(=O)Nc1cccnc1Cl. The predicted molar refractivity (Wildman–Crippen MR) is 92.4 cm³/mol. The Morgan fingerprint density at radius 3 is 2.69 bits per heavy atom. The molecule has 2 aromatic rings. The van der Waals surface area contributed by atoms with Crippen LogP contribution < -0.4 is 10.1 Å². The number of amides is 1. The van der Waals surface area contributed by atoms with E-state index in [-0.39, 0.29) is 27.8 Å². The van der Waals surface area contributed by atoms with Crippen molar-refractivity contribution in [1.82, 2.24) is 4.98 Å². The fourth-order valence-corrected chi connectivity index (χ4v) is 2.13. The highest BCUT2D eigenvalue weighted by Gasteiger charge is 2.24. The molecule has 26 heavy (non-hydrogen) atoms. The molecule has 136 valence electrons. The van der Waals surface area contributed by atoms with E-state index >= 15 is 0 Å². The molecular formula is C16H14ClN3O6. The molecule has 1 unspecified atom stereocenters. The first kappa shape index (κ1) is 19.1. The summed E-state index contributed by atoms with van der Waals surface area (Å²) in [5.74, 6) is -1.49. The van der Waals surface area contributed by atoms with Gasteiger partial charge in [-0.3, -0.25) is 14.9 Å². The number of halogens is 1. The minimum Gasteiger partial charge on any atom is -0.496 e. The number of hydrogen-bond acceptors (Lipinski definition) is 7. The molecule has 0 saturated heterocycles. The third kappa shape index (κ3) is 4.45. The van der Waals surface area contributed by atoms with Crippen LogP contribution in [0.5, 0.6) is 5.75 Å². The van der Waals surface area contributed by atoms with Crippen LogP contribution in [0.4, 0.5) is 11.4 Å². The molecule has 0 radical (unpaired) electrons. The Bertz CT molecular complexity index is 858. The van der Waals surface area contributed by atoms with Gasteiger partial charge in [-0.1, -0.05) is 11.6 Å². The Labute approximate surface area is 153 Å². The lowest BCUT2D eigenvalue weighted by molar-refractivity contribution is -0.384. The van der Waals surface area contributed by atoms with Crippen molar-refractivity contribution in [3.8, 4) is 5.75 Å². The molecule has 0 bridgehead atoms. The first-order valence-electron chi connectivity index (χ1n) is 7.28. The largest absolute Gasteiger partial charge is 0.496 e. The van der Waals surface area contributed by atoms with E-state index in [0.29, 0.717) is 0 Å². The molecule has 1 aromatic carbocycles. The van der Waals surface area contributed by atoms with Crippen molar-refractivity contribution in [2.45, 2.75) is 13.0 Å². The maximum Gasteiger partial charge on any atom is 0.342 e. The van der Waals surface area contributed by atoms with Crippen molar-refractivity contribution >= 4 is 34.9 Å². The van der Waals surface area contributed by atoms with Gasteiger partial charge in [0, 0.05) is 18.3 Å². The lowest BCUT2D eigenvalue weighted by atomic mass is 10.1. The van der Waals surface area contributed by atoms with Gasteiger partial charge in [-0.2, -0.15) is 0 Å². The number of benzene rings is 1. The van der Waals surface area contributed by atoms with E-state index in [0.717, 1.165) is 6.07 Å². The van der Waals surface area contributed by atoms with Crippen LogP contribution in [0.15, 0.2) is 36.5 Å². The number of ether oxygens (including phenoxy) is 2. The van der Waals surface area contributed by atoms with E-state index in [4.69, 9.17) is 21.1 Å². The van der Waals surface area contributed by atoms with Crippen LogP contribution in [-0.2, 0) is 9.53 Å². The number of carbonyl (C=O) groups excluding carboxylic acids is 2. The van der Waals surface area contributed by atoms with Crippen LogP contribution in [0.1, 0.15) is 17.3 Å². The summed E-state index contributed by atoms with van der Waals surface area (Å²) < 4.78 is 10.1. The molecule has 1 atom stereocenters. The first-order valence-corrected chi connectivity index (χ1v) is 7.66. The number of methoxy groups -OCH3 is 1. The van der Waals surface area contributed by atoms with E-state index in [1.54, 1.807) is 6.07 Å². The minimum atomic E-state index is -1.19. The predicted octanol–water partition coefficient (Wildman–Crippen LogP) is 2.84. The molecule has 1 amide bonds. The molecular weight excluding hydrogens is 366 g/mol. The number of nitro groups is 1. The zero-order chi connectivity index (χ0) is 19.3. The smallest absolute Gasteiger partial charge is 0.342 e. The Hall–Kier alpha value is -3.20. The van der Waals surface area contributed by atoms with Gasteiger partial charge in [0.1, 0.15) is 11.3 Å². The zero-order valence-corrected chi connectivity index (χ0v) is 14.5. The van der Waals surface area contributed by atoms with Gasteiger partial charge < -0.3 is 14.8 Å². The van der Waals surface area contributed by atoms with Crippen molar-refractivity contribution < 1.29 is 24.0 Å². The second-order valence-electron chi connectivity index (χ2n) is 5.02. The number of anilines is 1. The van der Waals surface area contributed by atoms with E-state index in [1.165, 1.54) is 38.4 Å². The highest BCUT2D eigenvalue weighted by Crippen LogP contribution is 2.25. The number of hydrogen-bond donors (Lipinski definition) is 1. The molecule has 1 heterocycles. The summed E-state index contributed by atoms with van der Waals surface area (Å²) in [5.41, 5.74) is -0.215. The summed E-state index contributed by atoms with van der Waals surface area (Å²) in [7, 11) is 1.30. The molecule has 1 aromatic heterocycles. The Morgan fingerprint density at radius 1 is 1.35 bits per heavy atom. The van der Waals surface area contributed by atoms with Crippen molar-refractivity contribution in [2.24, 2.45) is 0 Å². The van der Waals surface area contributed by atoms with Crippen LogP contribution in [0.2, 0.25) is 5.15 Å². The van der Waals surface area contributed by atoms with E-state index in [2.05, 4.69) is 10.3 Å². The molecule has 0 aliphatic rings. The van der Waals surface area contributed by atoms with Gasteiger partial charge in [0.05, 0.1) is 17.7 Å². The molecule has 0 fully saturated rings. The van der Waals surface area contributed by atoms with Crippen molar-refractivity contribution in [3.05, 3.63) is 57.4 Å². The third-order valence-corrected chi connectivity index (χ3v) is 3.58. The summed E-state index contributed by atoms with van der Waals surface area (Å²) >= 11 is 5.85. The van der Waals surface area contributed by atoms with E-state index in [9.17, 15) is 19.7 Å². The fourth-order valence-electron chi connectivity index (χ4n) is 1.96. The number of nitrogens with zero attached hydrogens (tertiary/aromatic N) is 2. The van der Waals surface area contributed by atoms with Crippen LogP contribution in [-0.4, -0.2) is 35.0 Å². The zero-order valence-electron chi connectivity index (χ0n) is 13.8. The molecule has 0 aliphatic heterocycles. The van der Waals surface area contributed by atoms with E-state index < -0.39 is 22.9 Å². The van der Waals surface area contributed by atoms with Gasteiger partial charge >= 0.3 is 5.97 Å². The van der Waals surface area contributed by atoms with Gasteiger partial charge in [-0.15, -0.1) is 0 Å². The Morgan fingerprint density at radius 2 is 2.08 bits per heavy atom. The average molecular weight is 380 g/mol. The maximum absolute atomic E-state index is 12.3. The lowest BCUT2D eigenvalue weighted by Crippen LogP contribution is -2.30. The summed E-state index contributed by atoms with van der Waals surface area (Å²) in [6, 6.07) is 6.59. The first-order chi connectivity index (χ1) is 12.3. The summed E-state index contributed by atoms with van der Waals surface area (Å²) in [5, 5.41) is 13.4. The average Bonchev–Trinajstić information content (AvgIpc) is 2.62. The number of nitro benzene ring substituents is 1. The highest BCUT2D eigenvalue weighted by molar-refractivity contribution is 6.32. The quantitative estimate of drug-likeness (QED) is 0.354. The lowest BCUT2D eigenvalue weighted by Gasteiger charge is -2.15. The molecule has 9 nitrogen and oxygen atoms in total. The van der Waals surface area contributed by atoms with Crippen LogP contribution in [0, 0.1) is 10.1 Å². The van der Waals surface area contributed by atoms with Crippen LogP contribution in [0.25, 0.3) is 0 Å². The second-order valence-corrected chi connectivity index (χ2v) is 5.38. The van der Waals surface area contributed by atoms with Crippen molar-refractivity contribution in [3.63, 3.8) is 0 Å². The molecule has 0 spiro atoms. The monoisotopic (exact) mass is 379 g/mol. The number of carbonyl (C=O) groups is 2. The van der Waals surface area contributed by atoms with Crippen LogP contribution >= 0.6 is 11.6 Å². The van der Waals surface area contributed by atoms with Crippen molar-refractivity contribution in [1.29, 1.82) is 0 Å². The Kier molecular flexibility index (Phi) is 6.07. The number of pyridine rings is 1. The molecule has 0 aliphatic carbocycles. The van der Waals surface area contributed by atoms with Gasteiger partial charge in [-0.25, -0.2) is 9.78 Å². The van der Waals surface area contributed by atoms with Gasteiger partial charge in [0.2, 0.25) is 0 Å². The molecule has 10 heteroatoms. The molecule has 1 N–H and O–H groups in total. The normalized spacial score (nSPS) is 11.3. The molecule has 0 saturated carbocycles. The summed E-state index contributed by atoms with van der Waals surface area (Å²) in [6.45, 7) is 1.35. The summed E-state index contributed by atoms with van der Waals surface area (Å²) in [6.07, 6.45) is 0.262. The standard InChI is InChI=1S/C16H14ClN3O6/c1-9(15(21)19-12-4-3-7-18-14(12)17)26-16(22)11-8-10(20(23)24)5-6-13(11)25-2/h3-9H,1-2H3,(H,19,21). The van der Waals surface area contributed by atoms with Gasteiger partial charge in [0.25, 0.3) is 11.6 Å².